The third-order valence-electron chi connectivity index (χ3n) is 1.65. The van der Waals surface area contributed by atoms with Crippen molar-refractivity contribution in [1.82, 2.24) is 0 Å². The fraction of sp³-hybridized carbons (Fsp3) is 0.100. The summed E-state index contributed by atoms with van der Waals surface area (Å²) >= 11 is 5.70. The molecule has 0 aliphatic rings. The summed E-state index contributed by atoms with van der Waals surface area (Å²) < 4.78 is 4.44. The van der Waals surface area contributed by atoms with Gasteiger partial charge in [-0.3, -0.25) is 0 Å². The summed E-state index contributed by atoms with van der Waals surface area (Å²) in [5, 5.41) is 0.625. The summed E-state index contributed by atoms with van der Waals surface area (Å²) in [7, 11) is 1.30. The summed E-state index contributed by atoms with van der Waals surface area (Å²) in [6, 6.07) is 6.87. The highest BCUT2D eigenvalue weighted by molar-refractivity contribution is 6.30. The number of carbonyl (C=O) groups excluding carboxylic acids is 1. The molecule has 0 amide bonds. The predicted octanol–water partition coefficient (Wildman–Crippen LogP) is 1.81. The van der Waals surface area contributed by atoms with E-state index in [1.54, 1.807) is 24.3 Å². The van der Waals surface area contributed by atoms with Crippen LogP contribution in [0.3, 0.4) is 0 Å². The minimum Gasteiger partial charge on any atom is -0.466 e. The van der Waals surface area contributed by atoms with Gasteiger partial charge in [-0.05, 0) is 17.7 Å². The van der Waals surface area contributed by atoms with Gasteiger partial charge in [0.2, 0.25) is 0 Å². The van der Waals surface area contributed by atoms with Gasteiger partial charge in [0.1, 0.15) is 0 Å². The highest BCUT2D eigenvalue weighted by Crippen LogP contribution is 2.13. The van der Waals surface area contributed by atoms with E-state index in [1.165, 1.54) is 13.2 Å². The Labute approximate surface area is 87.1 Å². The van der Waals surface area contributed by atoms with E-state index >= 15 is 0 Å². The Morgan fingerprint density at radius 3 is 2.50 bits per heavy atom. The van der Waals surface area contributed by atoms with Crippen LogP contribution in [0.4, 0.5) is 0 Å². The SMILES string of the molecule is COC(=O)/C=C(\N)c1ccc(Cl)cc1. The van der Waals surface area contributed by atoms with E-state index in [9.17, 15) is 4.79 Å². The summed E-state index contributed by atoms with van der Waals surface area (Å²) in [4.78, 5) is 10.9. The molecule has 0 radical (unpaired) electrons. The molecule has 0 saturated heterocycles. The van der Waals surface area contributed by atoms with Gasteiger partial charge in [0.15, 0.2) is 0 Å². The molecular weight excluding hydrogens is 202 g/mol. The van der Waals surface area contributed by atoms with Crippen LogP contribution in [0.15, 0.2) is 30.3 Å². The van der Waals surface area contributed by atoms with Crippen molar-refractivity contribution >= 4 is 23.3 Å². The maximum atomic E-state index is 10.9. The lowest BCUT2D eigenvalue weighted by Gasteiger charge is -2.00. The number of rotatable bonds is 2. The fourth-order valence-electron chi connectivity index (χ4n) is 0.912. The van der Waals surface area contributed by atoms with Gasteiger partial charge in [-0.15, -0.1) is 0 Å². The second-order valence-corrected chi connectivity index (χ2v) is 3.07. The fourth-order valence-corrected chi connectivity index (χ4v) is 1.04. The Hall–Kier alpha value is -1.48. The summed E-state index contributed by atoms with van der Waals surface area (Å²) in [5.74, 6) is -0.475. The molecule has 0 spiro atoms. The number of ether oxygens (including phenoxy) is 1. The molecule has 74 valence electrons. The van der Waals surface area contributed by atoms with Gasteiger partial charge in [0, 0.05) is 16.8 Å². The van der Waals surface area contributed by atoms with Crippen LogP contribution in [0.1, 0.15) is 5.56 Å². The molecule has 1 aromatic rings. The number of nitrogens with two attached hydrogens (primary N) is 1. The number of esters is 1. The molecule has 0 atom stereocenters. The van der Waals surface area contributed by atoms with Gasteiger partial charge in [0.25, 0.3) is 0 Å². The van der Waals surface area contributed by atoms with E-state index in [-0.39, 0.29) is 0 Å². The Morgan fingerprint density at radius 1 is 1.43 bits per heavy atom. The number of hydrogen-bond acceptors (Lipinski definition) is 3. The Kier molecular flexibility index (Phi) is 3.54. The molecule has 3 nitrogen and oxygen atoms in total. The molecule has 0 fully saturated rings. The smallest absolute Gasteiger partial charge is 0.332 e. The van der Waals surface area contributed by atoms with E-state index in [2.05, 4.69) is 4.74 Å². The first kappa shape index (κ1) is 10.6. The van der Waals surface area contributed by atoms with Gasteiger partial charge in [-0.2, -0.15) is 0 Å². The summed E-state index contributed by atoms with van der Waals surface area (Å²) in [5.41, 5.74) is 6.73. The van der Waals surface area contributed by atoms with Gasteiger partial charge < -0.3 is 10.5 Å². The normalized spacial score (nSPS) is 11.1. The molecule has 0 aliphatic carbocycles. The molecule has 0 aliphatic heterocycles. The number of methoxy groups -OCH3 is 1. The third-order valence-corrected chi connectivity index (χ3v) is 1.90. The van der Waals surface area contributed by atoms with Crippen LogP contribution < -0.4 is 5.73 Å². The Bertz CT molecular complexity index is 357. The molecule has 4 heteroatoms. The first-order valence-electron chi connectivity index (χ1n) is 3.94. The van der Waals surface area contributed by atoms with Crippen molar-refractivity contribution in [2.24, 2.45) is 5.73 Å². The lowest BCUT2D eigenvalue weighted by atomic mass is 10.1. The molecule has 0 aromatic heterocycles. The molecule has 2 N–H and O–H groups in total. The topological polar surface area (TPSA) is 52.3 Å². The number of carbonyl (C=O) groups is 1. The quantitative estimate of drug-likeness (QED) is 0.600. The molecule has 0 saturated carbocycles. The van der Waals surface area contributed by atoms with Crippen LogP contribution in [0, 0.1) is 0 Å². The van der Waals surface area contributed by atoms with Crippen LogP contribution in [0.25, 0.3) is 5.70 Å². The standard InChI is InChI=1S/C10H10ClNO2/c1-14-10(13)6-9(12)7-2-4-8(11)5-3-7/h2-6H,12H2,1H3/b9-6-. The second-order valence-electron chi connectivity index (χ2n) is 2.63. The van der Waals surface area contributed by atoms with Crippen molar-refractivity contribution in [3.05, 3.63) is 40.9 Å². The van der Waals surface area contributed by atoms with Crippen LogP contribution in [0.2, 0.25) is 5.02 Å². The van der Waals surface area contributed by atoms with Crippen molar-refractivity contribution in [3.8, 4) is 0 Å². The van der Waals surface area contributed by atoms with Gasteiger partial charge >= 0.3 is 5.97 Å². The lowest BCUT2D eigenvalue weighted by molar-refractivity contribution is -0.134. The van der Waals surface area contributed by atoms with Crippen LogP contribution in [-0.2, 0) is 9.53 Å². The van der Waals surface area contributed by atoms with Gasteiger partial charge in [-0.25, -0.2) is 4.79 Å². The van der Waals surface area contributed by atoms with Crippen molar-refractivity contribution in [2.45, 2.75) is 0 Å². The molecule has 1 aromatic carbocycles. The maximum absolute atomic E-state index is 10.9. The molecule has 0 heterocycles. The third kappa shape index (κ3) is 2.78. The Balaban J connectivity index is 2.89. The number of benzene rings is 1. The zero-order valence-electron chi connectivity index (χ0n) is 7.66. The van der Waals surface area contributed by atoms with Crippen LogP contribution in [0.5, 0.6) is 0 Å². The van der Waals surface area contributed by atoms with E-state index in [0.29, 0.717) is 10.7 Å². The number of hydrogen-bond donors (Lipinski definition) is 1. The summed E-state index contributed by atoms with van der Waals surface area (Å²) in [6.45, 7) is 0. The highest BCUT2D eigenvalue weighted by atomic mass is 35.5. The second kappa shape index (κ2) is 4.67. The average Bonchev–Trinajstić information content (AvgIpc) is 2.18. The first-order valence-corrected chi connectivity index (χ1v) is 4.32. The van der Waals surface area contributed by atoms with E-state index in [0.717, 1.165) is 5.56 Å². The molecule has 1 rings (SSSR count). The van der Waals surface area contributed by atoms with Gasteiger partial charge in [-0.1, -0.05) is 23.7 Å². The van der Waals surface area contributed by atoms with E-state index in [1.807, 2.05) is 0 Å². The zero-order valence-corrected chi connectivity index (χ0v) is 8.41. The molecule has 0 bridgehead atoms. The highest BCUT2D eigenvalue weighted by Gasteiger charge is 2.00. The Morgan fingerprint density at radius 2 is 2.00 bits per heavy atom. The van der Waals surface area contributed by atoms with Crippen LogP contribution in [-0.4, -0.2) is 13.1 Å². The van der Waals surface area contributed by atoms with Crippen molar-refractivity contribution in [3.63, 3.8) is 0 Å². The first-order chi connectivity index (χ1) is 6.63. The van der Waals surface area contributed by atoms with E-state index in [4.69, 9.17) is 17.3 Å². The zero-order chi connectivity index (χ0) is 10.6. The minimum absolute atomic E-state index is 0.355. The average molecular weight is 212 g/mol. The monoisotopic (exact) mass is 211 g/mol. The lowest BCUT2D eigenvalue weighted by Crippen LogP contribution is -2.02. The van der Waals surface area contributed by atoms with Crippen molar-refractivity contribution in [1.29, 1.82) is 0 Å². The van der Waals surface area contributed by atoms with E-state index < -0.39 is 5.97 Å². The van der Waals surface area contributed by atoms with Gasteiger partial charge in [0.05, 0.1) is 7.11 Å². The summed E-state index contributed by atoms with van der Waals surface area (Å²) in [6.07, 6.45) is 1.23. The van der Waals surface area contributed by atoms with Crippen LogP contribution >= 0.6 is 11.6 Å². The molecular formula is C10H10ClNO2. The van der Waals surface area contributed by atoms with Crippen molar-refractivity contribution in [2.75, 3.05) is 7.11 Å². The minimum atomic E-state index is -0.475. The molecule has 0 unspecified atom stereocenters. The largest absolute Gasteiger partial charge is 0.466 e. The predicted molar refractivity (Wildman–Crippen MR) is 55.6 cm³/mol. The number of halogens is 1. The van der Waals surface area contributed by atoms with Crippen molar-refractivity contribution < 1.29 is 9.53 Å². The molecule has 14 heavy (non-hydrogen) atoms. The maximum Gasteiger partial charge on any atom is 0.332 e.